The highest BCUT2D eigenvalue weighted by Gasteiger charge is 2.28. The van der Waals surface area contributed by atoms with Crippen LogP contribution in [-0.2, 0) is 4.79 Å². The zero-order chi connectivity index (χ0) is 17.1. The van der Waals surface area contributed by atoms with Crippen LogP contribution in [0.25, 0.3) is 5.69 Å². The Morgan fingerprint density at radius 3 is 2.75 bits per heavy atom. The van der Waals surface area contributed by atoms with Gasteiger partial charge in [-0.15, -0.1) is 0 Å². The van der Waals surface area contributed by atoms with Gasteiger partial charge in [-0.2, -0.15) is 0 Å². The Kier molecular flexibility index (Phi) is 4.61. The van der Waals surface area contributed by atoms with E-state index in [0.717, 1.165) is 5.69 Å². The van der Waals surface area contributed by atoms with Crippen LogP contribution in [0.2, 0.25) is 0 Å². The van der Waals surface area contributed by atoms with Gasteiger partial charge >= 0.3 is 0 Å². The van der Waals surface area contributed by atoms with E-state index in [2.05, 4.69) is 10.3 Å². The number of amides is 2. The predicted molar refractivity (Wildman–Crippen MR) is 87.7 cm³/mol. The number of carbonyl (C=O) groups is 2. The predicted octanol–water partition coefficient (Wildman–Crippen LogP) is 0.584. The van der Waals surface area contributed by atoms with E-state index in [1.807, 2.05) is 35.2 Å². The summed E-state index contributed by atoms with van der Waals surface area (Å²) in [7, 11) is 0. The molecule has 1 saturated heterocycles. The third-order valence-electron chi connectivity index (χ3n) is 4.09. The summed E-state index contributed by atoms with van der Waals surface area (Å²) in [4.78, 5) is 29.6. The Balaban J connectivity index is 1.71. The first-order valence-electron chi connectivity index (χ1n) is 7.87. The van der Waals surface area contributed by atoms with E-state index in [9.17, 15) is 14.7 Å². The van der Waals surface area contributed by atoms with Crippen molar-refractivity contribution >= 4 is 11.8 Å². The van der Waals surface area contributed by atoms with Crippen LogP contribution in [0.3, 0.4) is 0 Å². The Morgan fingerprint density at radius 2 is 2.04 bits per heavy atom. The third kappa shape index (κ3) is 3.62. The molecule has 1 fully saturated rings. The van der Waals surface area contributed by atoms with Crippen molar-refractivity contribution in [3.8, 4) is 5.69 Å². The third-order valence-corrected chi connectivity index (χ3v) is 4.09. The van der Waals surface area contributed by atoms with E-state index < -0.39 is 6.10 Å². The van der Waals surface area contributed by atoms with Gasteiger partial charge in [0.25, 0.3) is 5.91 Å². The lowest BCUT2D eigenvalue weighted by Gasteiger charge is -2.35. The molecule has 2 N–H and O–H groups in total. The van der Waals surface area contributed by atoms with Gasteiger partial charge in [0.2, 0.25) is 5.91 Å². The molecule has 1 aliphatic rings. The molecule has 0 spiro atoms. The van der Waals surface area contributed by atoms with Crippen molar-refractivity contribution in [1.29, 1.82) is 0 Å². The summed E-state index contributed by atoms with van der Waals surface area (Å²) in [5.74, 6) is -0.424. The minimum atomic E-state index is -0.632. The fraction of sp³-hybridized carbons (Fsp3) is 0.353. The standard InChI is InChI=1S/C17H20N4O3/c1-12(22)21-10-13(8-15(23)11-21)19-17(24)16-9-14(4-5-18-16)20-6-2-3-7-20/h2-7,9,13,15,23H,8,10-11H2,1H3,(H,19,24). The number of likely N-dealkylation sites (tertiary alicyclic amines) is 1. The summed E-state index contributed by atoms with van der Waals surface area (Å²) in [6.45, 7) is 2.16. The molecule has 3 heterocycles. The van der Waals surface area contributed by atoms with Crippen LogP contribution in [-0.4, -0.2) is 56.6 Å². The summed E-state index contributed by atoms with van der Waals surface area (Å²) in [6.07, 6.45) is 5.15. The molecule has 7 heteroatoms. The van der Waals surface area contributed by atoms with Gasteiger partial charge < -0.3 is 19.9 Å². The molecule has 24 heavy (non-hydrogen) atoms. The number of hydrogen-bond acceptors (Lipinski definition) is 4. The molecule has 1 aliphatic heterocycles. The highest BCUT2D eigenvalue weighted by atomic mass is 16.3. The Bertz CT molecular complexity index is 729. The molecule has 2 atom stereocenters. The van der Waals surface area contributed by atoms with Crippen molar-refractivity contribution in [3.05, 3.63) is 48.5 Å². The molecule has 0 aliphatic carbocycles. The molecule has 2 aromatic heterocycles. The second-order valence-electron chi connectivity index (χ2n) is 5.97. The normalized spacial score (nSPS) is 20.7. The number of pyridine rings is 1. The fourth-order valence-corrected chi connectivity index (χ4v) is 2.90. The van der Waals surface area contributed by atoms with Gasteiger partial charge in [0.1, 0.15) is 5.69 Å². The Morgan fingerprint density at radius 1 is 1.29 bits per heavy atom. The fourth-order valence-electron chi connectivity index (χ4n) is 2.90. The van der Waals surface area contributed by atoms with Gasteiger partial charge in [-0.3, -0.25) is 14.6 Å². The van der Waals surface area contributed by atoms with Crippen LogP contribution in [0.5, 0.6) is 0 Å². The van der Waals surface area contributed by atoms with Crippen molar-refractivity contribution in [2.75, 3.05) is 13.1 Å². The maximum absolute atomic E-state index is 12.4. The number of rotatable bonds is 3. The number of aromatic nitrogens is 2. The minimum Gasteiger partial charge on any atom is -0.391 e. The number of β-amino-alcohol motifs (C(OH)–C–C–N with tert-alkyl or cyclic N) is 1. The monoisotopic (exact) mass is 328 g/mol. The minimum absolute atomic E-state index is 0.110. The van der Waals surface area contributed by atoms with Gasteiger partial charge in [-0.05, 0) is 30.7 Å². The average molecular weight is 328 g/mol. The van der Waals surface area contributed by atoms with Gasteiger partial charge in [0.15, 0.2) is 0 Å². The van der Waals surface area contributed by atoms with Crippen LogP contribution in [0.4, 0.5) is 0 Å². The van der Waals surface area contributed by atoms with Crippen LogP contribution in [0.1, 0.15) is 23.8 Å². The summed E-state index contributed by atoms with van der Waals surface area (Å²) in [5.41, 5.74) is 1.14. The number of nitrogens with one attached hydrogen (secondary N) is 1. The second-order valence-corrected chi connectivity index (χ2v) is 5.97. The number of carbonyl (C=O) groups excluding carboxylic acids is 2. The smallest absolute Gasteiger partial charge is 0.270 e. The Labute approximate surface area is 139 Å². The van der Waals surface area contributed by atoms with E-state index >= 15 is 0 Å². The van der Waals surface area contributed by atoms with Crippen molar-refractivity contribution < 1.29 is 14.7 Å². The second kappa shape index (κ2) is 6.84. The van der Waals surface area contributed by atoms with E-state index in [1.54, 1.807) is 17.2 Å². The molecule has 0 radical (unpaired) electrons. The largest absolute Gasteiger partial charge is 0.391 e. The molecule has 0 bridgehead atoms. The first-order valence-corrected chi connectivity index (χ1v) is 7.87. The molecular formula is C17H20N4O3. The zero-order valence-electron chi connectivity index (χ0n) is 13.4. The lowest BCUT2D eigenvalue weighted by atomic mass is 10.0. The van der Waals surface area contributed by atoms with Gasteiger partial charge in [0, 0.05) is 50.3 Å². The van der Waals surface area contributed by atoms with Crippen molar-refractivity contribution in [3.63, 3.8) is 0 Å². The summed E-state index contributed by atoms with van der Waals surface area (Å²) < 4.78 is 1.89. The van der Waals surface area contributed by atoms with Crippen LogP contribution < -0.4 is 5.32 Å². The van der Waals surface area contributed by atoms with Crippen LogP contribution in [0.15, 0.2) is 42.9 Å². The summed E-state index contributed by atoms with van der Waals surface area (Å²) in [5, 5.41) is 12.7. The molecule has 0 aromatic carbocycles. The van der Waals surface area contributed by atoms with Crippen molar-refractivity contribution in [2.45, 2.75) is 25.5 Å². The van der Waals surface area contributed by atoms with Crippen LogP contribution >= 0.6 is 0 Å². The lowest BCUT2D eigenvalue weighted by Crippen LogP contribution is -2.53. The number of piperidine rings is 1. The number of hydrogen-bond donors (Lipinski definition) is 2. The number of nitrogens with zero attached hydrogens (tertiary/aromatic N) is 3. The van der Waals surface area contributed by atoms with Gasteiger partial charge in [-0.25, -0.2) is 0 Å². The molecule has 2 amide bonds. The highest BCUT2D eigenvalue weighted by Crippen LogP contribution is 2.13. The molecular weight excluding hydrogens is 308 g/mol. The van der Waals surface area contributed by atoms with Crippen LogP contribution in [0, 0.1) is 0 Å². The summed E-state index contributed by atoms with van der Waals surface area (Å²) >= 11 is 0. The maximum Gasteiger partial charge on any atom is 0.270 e. The van der Waals surface area contributed by atoms with Crippen molar-refractivity contribution in [1.82, 2.24) is 19.8 Å². The van der Waals surface area contributed by atoms with E-state index in [-0.39, 0.29) is 17.9 Å². The van der Waals surface area contributed by atoms with Crippen molar-refractivity contribution in [2.24, 2.45) is 0 Å². The quantitative estimate of drug-likeness (QED) is 0.863. The molecule has 126 valence electrons. The molecule has 3 rings (SSSR count). The lowest BCUT2D eigenvalue weighted by molar-refractivity contribution is -0.132. The summed E-state index contributed by atoms with van der Waals surface area (Å²) in [6, 6.07) is 7.04. The van der Waals surface area contributed by atoms with E-state index in [0.29, 0.717) is 25.2 Å². The highest BCUT2D eigenvalue weighted by molar-refractivity contribution is 5.93. The Hall–Kier alpha value is -2.67. The van der Waals surface area contributed by atoms with E-state index in [1.165, 1.54) is 6.92 Å². The molecule has 7 nitrogen and oxygen atoms in total. The maximum atomic E-state index is 12.4. The topological polar surface area (TPSA) is 87.5 Å². The molecule has 0 saturated carbocycles. The average Bonchev–Trinajstić information content (AvgIpc) is 3.09. The first kappa shape index (κ1) is 16.2. The van der Waals surface area contributed by atoms with E-state index in [4.69, 9.17) is 0 Å². The number of aliphatic hydroxyl groups is 1. The van der Waals surface area contributed by atoms with Gasteiger partial charge in [0.05, 0.1) is 6.10 Å². The SMILES string of the molecule is CC(=O)N1CC(O)CC(NC(=O)c2cc(-n3cccc3)ccn2)C1. The molecule has 2 unspecified atom stereocenters. The first-order chi connectivity index (χ1) is 11.5. The number of aliphatic hydroxyl groups excluding tert-OH is 1. The molecule has 2 aromatic rings. The zero-order valence-corrected chi connectivity index (χ0v) is 13.4. The van der Waals surface area contributed by atoms with Gasteiger partial charge in [-0.1, -0.05) is 0 Å².